The topological polar surface area (TPSA) is 46.6 Å². The van der Waals surface area contributed by atoms with Gasteiger partial charge in [-0.3, -0.25) is 9.59 Å². The summed E-state index contributed by atoms with van der Waals surface area (Å²) in [5.41, 5.74) is 1.85. The van der Waals surface area contributed by atoms with E-state index in [9.17, 15) is 9.59 Å². The lowest BCUT2D eigenvalue weighted by Crippen LogP contribution is -2.37. The third-order valence-electron chi connectivity index (χ3n) is 3.65. The molecule has 1 aliphatic rings. The fourth-order valence-corrected chi connectivity index (χ4v) is 2.49. The van der Waals surface area contributed by atoms with Gasteiger partial charge < -0.3 is 9.64 Å². The molecule has 0 bridgehead atoms. The van der Waals surface area contributed by atoms with Crippen LogP contribution in [0.4, 0.5) is 0 Å². The van der Waals surface area contributed by atoms with Crippen molar-refractivity contribution >= 4 is 11.9 Å². The van der Waals surface area contributed by atoms with Crippen molar-refractivity contribution in [1.29, 1.82) is 0 Å². The van der Waals surface area contributed by atoms with Gasteiger partial charge in [0, 0.05) is 18.7 Å². The molecule has 0 aromatic heterocycles. The first-order chi connectivity index (χ1) is 10.2. The SMILES string of the molecule is COC(=O)CC1=CCCN(CCCc2ccccc2)C1=O. The van der Waals surface area contributed by atoms with Gasteiger partial charge in [0.05, 0.1) is 13.5 Å². The van der Waals surface area contributed by atoms with Crippen molar-refractivity contribution in [3.8, 4) is 0 Å². The number of benzene rings is 1. The van der Waals surface area contributed by atoms with Crippen LogP contribution in [0.15, 0.2) is 42.0 Å². The molecule has 0 saturated carbocycles. The first kappa shape index (κ1) is 15.3. The van der Waals surface area contributed by atoms with Crippen molar-refractivity contribution < 1.29 is 14.3 Å². The molecule has 4 nitrogen and oxygen atoms in total. The van der Waals surface area contributed by atoms with Crippen LogP contribution in [0.1, 0.15) is 24.8 Å². The molecule has 2 rings (SSSR count). The van der Waals surface area contributed by atoms with Crippen LogP contribution in [0.25, 0.3) is 0 Å². The summed E-state index contributed by atoms with van der Waals surface area (Å²) < 4.78 is 4.62. The van der Waals surface area contributed by atoms with E-state index in [2.05, 4.69) is 16.9 Å². The molecule has 1 aromatic rings. The Balaban J connectivity index is 1.83. The predicted molar refractivity (Wildman–Crippen MR) is 80.7 cm³/mol. The number of nitrogens with zero attached hydrogens (tertiary/aromatic N) is 1. The molecular formula is C17H21NO3. The van der Waals surface area contributed by atoms with Crippen molar-refractivity contribution in [3.63, 3.8) is 0 Å². The average Bonchev–Trinajstić information content (AvgIpc) is 2.52. The Hall–Kier alpha value is -2.10. The summed E-state index contributed by atoms with van der Waals surface area (Å²) in [7, 11) is 1.34. The zero-order valence-corrected chi connectivity index (χ0v) is 12.4. The van der Waals surface area contributed by atoms with Crippen molar-refractivity contribution in [2.24, 2.45) is 0 Å². The summed E-state index contributed by atoms with van der Waals surface area (Å²) in [5, 5.41) is 0. The Bertz CT molecular complexity index is 522. The molecule has 0 unspecified atom stereocenters. The molecule has 0 spiro atoms. The maximum absolute atomic E-state index is 12.3. The molecule has 1 aliphatic heterocycles. The van der Waals surface area contributed by atoms with E-state index < -0.39 is 0 Å². The number of rotatable bonds is 6. The molecule has 4 heteroatoms. The van der Waals surface area contributed by atoms with Crippen molar-refractivity contribution in [2.75, 3.05) is 20.2 Å². The van der Waals surface area contributed by atoms with Crippen LogP contribution in [0.2, 0.25) is 0 Å². The van der Waals surface area contributed by atoms with Crippen LogP contribution in [0, 0.1) is 0 Å². The smallest absolute Gasteiger partial charge is 0.310 e. The third kappa shape index (κ3) is 4.45. The largest absolute Gasteiger partial charge is 0.469 e. The van der Waals surface area contributed by atoms with E-state index in [1.807, 2.05) is 29.2 Å². The highest BCUT2D eigenvalue weighted by atomic mass is 16.5. The number of methoxy groups -OCH3 is 1. The van der Waals surface area contributed by atoms with Gasteiger partial charge in [-0.05, 0) is 24.8 Å². The van der Waals surface area contributed by atoms with Gasteiger partial charge in [0.15, 0.2) is 0 Å². The molecule has 0 fully saturated rings. The Kier molecular flexibility index (Phi) is 5.55. The first-order valence-electron chi connectivity index (χ1n) is 7.29. The Morgan fingerprint density at radius 3 is 2.76 bits per heavy atom. The van der Waals surface area contributed by atoms with Crippen LogP contribution in [0.3, 0.4) is 0 Å². The second-order valence-electron chi connectivity index (χ2n) is 5.15. The fraction of sp³-hybridized carbons (Fsp3) is 0.412. The number of aryl methyl sites for hydroxylation is 1. The normalized spacial score (nSPS) is 14.8. The fourth-order valence-electron chi connectivity index (χ4n) is 2.49. The quantitative estimate of drug-likeness (QED) is 0.754. The van der Waals surface area contributed by atoms with Gasteiger partial charge in [-0.25, -0.2) is 0 Å². The lowest BCUT2D eigenvalue weighted by Gasteiger charge is -2.27. The first-order valence-corrected chi connectivity index (χ1v) is 7.29. The Labute approximate surface area is 125 Å². The number of amides is 1. The predicted octanol–water partition coefficient (Wildman–Crippen LogP) is 2.34. The monoisotopic (exact) mass is 287 g/mol. The second-order valence-corrected chi connectivity index (χ2v) is 5.15. The number of carbonyl (C=O) groups is 2. The lowest BCUT2D eigenvalue weighted by molar-refractivity contribution is -0.141. The summed E-state index contributed by atoms with van der Waals surface area (Å²) in [6.45, 7) is 1.46. The maximum Gasteiger partial charge on any atom is 0.310 e. The molecule has 0 N–H and O–H groups in total. The Morgan fingerprint density at radius 1 is 1.29 bits per heavy atom. The minimum Gasteiger partial charge on any atom is -0.469 e. The van der Waals surface area contributed by atoms with E-state index in [4.69, 9.17) is 0 Å². The lowest BCUT2D eigenvalue weighted by atomic mass is 10.0. The molecule has 0 atom stereocenters. The van der Waals surface area contributed by atoms with Crippen molar-refractivity contribution in [2.45, 2.75) is 25.7 Å². The summed E-state index contributed by atoms with van der Waals surface area (Å²) in [5.74, 6) is -0.388. The number of hydrogen-bond acceptors (Lipinski definition) is 3. The third-order valence-corrected chi connectivity index (χ3v) is 3.65. The number of hydrogen-bond donors (Lipinski definition) is 0. The van der Waals surface area contributed by atoms with E-state index in [0.29, 0.717) is 5.57 Å². The molecule has 0 aliphatic carbocycles. The van der Waals surface area contributed by atoms with Crippen LogP contribution >= 0.6 is 0 Å². The average molecular weight is 287 g/mol. The van der Waals surface area contributed by atoms with E-state index in [1.165, 1.54) is 12.7 Å². The highest BCUT2D eigenvalue weighted by molar-refractivity contribution is 5.98. The van der Waals surface area contributed by atoms with Gasteiger partial charge in [0.2, 0.25) is 5.91 Å². The van der Waals surface area contributed by atoms with Crippen molar-refractivity contribution in [3.05, 3.63) is 47.5 Å². The summed E-state index contributed by atoms with van der Waals surface area (Å²) in [4.78, 5) is 25.4. The van der Waals surface area contributed by atoms with Gasteiger partial charge in [-0.1, -0.05) is 36.4 Å². The van der Waals surface area contributed by atoms with Crippen LogP contribution in [0.5, 0.6) is 0 Å². The van der Waals surface area contributed by atoms with Gasteiger partial charge in [-0.2, -0.15) is 0 Å². The molecule has 1 aromatic carbocycles. The molecule has 0 radical (unpaired) electrons. The van der Waals surface area contributed by atoms with Crippen LogP contribution < -0.4 is 0 Å². The molecule has 1 amide bonds. The van der Waals surface area contributed by atoms with Crippen LogP contribution in [-0.2, 0) is 20.7 Å². The van der Waals surface area contributed by atoms with E-state index >= 15 is 0 Å². The molecular weight excluding hydrogens is 266 g/mol. The molecule has 1 heterocycles. The van der Waals surface area contributed by atoms with E-state index in [-0.39, 0.29) is 18.3 Å². The summed E-state index contributed by atoms with van der Waals surface area (Å²) >= 11 is 0. The van der Waals surface area contributed by atoms with Gasteiger partial charge in [-0.15, -0.1) is 0 Å². The highest BCUT2D eigenvalue weighted by Gasteiger charge is 2.23. The Morgan fingerprint density at radius 2 is 2.05 bits per heavy atom. The number of carbonyl (C=O) groups excluding carboxylic acids is 2. The molecule has 112 valence electrons. The standard InChI is InChI=1S/C17H21NO3/c1-21-16(19)13-15-10-6-12-18(17(15)20)11-5-9-14-7-3-2-4-8-14/h2-4,7-8,10H,5-6,9,11-13H2,1H3. The maximum atomic E-state index is 12.3. The highest BCUT2D eigenvalue weighted by Crippen LogP contribution is 2.16. The van der Waals surface area contributed by atoms with E-state index in [0.717, 1.165) is 32.4 Å². The van der Waals surface area contributed by atoms with E-state index in [1.54, 1.807) is 0 Å². The van der Waals surface area contributed by atoms with Gasteiger partial charge in [0.25, 0.3) is 0 Å². The van der Waals surface area contributed by atoms with Gasteiger partial charge >= 0.3 is 5.97 Å². The number of esters is 1. The molecule has 21 heavy (non-hydrogen) atoms. The van der Waals surface area contributed by atoms with Gasteiger partial charge in [0.1, 0.15) is 0 Å². The molecule has 0 saturated heterocycles. The zero-order chi connectivity index (χ0) is 15.1. The summed E-state index contributed by atoms with van der Waals surface area (Å²) in [6.07, 6.45) is 4.63. The number of ether oxygens (including phenoxy) is 1. The van der Waals surface area contributed by atoms with Crippen molar-refractivity contribution in [1.82, 2.24) is 4.90 Å². The summed E-state index contributed by atoms with van der Waals surface area (Å²) in [6, 6.07) is 10.2. The zero-order valence-electron chi connectivity index (χ0n) is 12.4. The van der Waals surface area contributed by atoms with Crippen LogP contribution in [-0.4, -0.2) is 37.0 Å². The second kappa shape index (κ2) is 7.62. The minimum atomic E-state index is -0.360. The minimum absolute atomic E-state index is 0.0280.